The van der Waals surface area contributed by atoms with Crippen molar-refractivity contribution in [2.75, 3.05) is 13.1 Å². The molecule has 0 atom stereocenters. The topological polar surface area (TPSA) is 87.0 Å². The smallest absolute Gasteiger partial charge is 0.246 e. The van der Waals surface area contributed by atoms with Crippen LogP contribution in [-0.2, 0) is 17.8 Å². The summed E-state index contributed by atoms with van der Waals surface area (Å²) in [7, 11) is 0. The lowest BCUT2D eigenvalue weighted by Gasteiger charge is -2.28. The molecule has 0 radical (unpaired) electrons. The van der Waals surface area contributed by atoms with Crippen LogP contribution in [0, 0.1) is 13.8 Å². The third-order valence-electron chi connectivity index (χ3n) is 6.65. The van der Waals surface area contributed by atoms with Gasteiger partial charge in [0.15, 0.2) is 5.65 Å². The number of nitrogens with zero attached hydrogens (tertiary/aromatic N) is 4. The molecule has 0 spiro atoms. The Balaban J connectivity index is 1.38. The van der Waals surface area contributed by atoms with Gasteiger partial charge in [-0.25, -0.2) is 9.97 Å². The number of imidazole rings is 1. The number of aliphatic hydroxyl groups excluding tert-OH is 1. The van der Waals surface area contributed by atoms with Gasteiger partial charge in [-0.05, 0) is 68.2 Å². The molecule has 34 heavy (non-hydrogen) atoms. The van der Waals surface area contributed by atoms with E-state index in [1.807, 2.05) is 13.0 Å². The number of aromatic nitrogens is 4. The van der Waals surface area contributed by atoms with Crippen molar-refractivity contribution in [1.82, 2.24) is 24.4 Å². The van der Waals surface area contributed by atoms with Crippen molar-refractivity contribution >= 4 is 34.1 Å². The first-order valence-corrected chi connectivity index (χ1v) is 12.0. The number of carbonyl (C=O) groups excluding carboxylic acids is 1. The van der Waals surface area contributed by atoms with Crippen LogP contribution in [0.15, 0.2) is 36.4 Å². The predicted molar refractivity (Wildman–Crippen MR) is 135 cm³/mol. The first-order chi connectivity index (χ1) is 16.4. The number of aromatic amines is 1. The number of H-pyrrole nitrogens is 1. The Kier molecular flexibility index (Phi) is 5.96. The van der Waals surface area contributed by atoms with Gasteiger partial charge in [-0.3, -0.25) is 4.79 Å². The van der Waals surface area contributed by atoms with Crippen LogP contribution in [0.3, 0.4) is 0 Å². The zero-order chi connectivity index (χ0) is 23.8. The van der Waals surface area contributed by atoms with Crippen molar-refractivity contribution in [3.05, 3.63) is 64.7 Å². The molecule has 0 saturated carbocycles. The first kappa shape index (κ1) is 22.3. The molecular formula is C27H31N5O2. The van der Waals surface area contributed by atoms with E-state index in [4.69, 9.17) is 9.97 Å². The largest absolute Gasteiger partial charge is 0.393 e. The van der Waals surface area contributed by atoms with Crippen molar-refractivity contribution in [3.63, 3.8) is 0 Å². The number of amides is 1. The summed E-state index contributed by atoms with van der Waals surface area (Å²) >= 11 is 0. The third kappa shape index (κ3) is 4.35. The van der Waals surface area contributed by atoms with Gasteiger partial charge < -0.3 is 19.6 Å². The summed E-state index contributed by atoms with van der Waals surface area (Å²) in [5.41, 5.74) is 7.19. The number of benzene rings is 1. The Morgan fingerprint density at radius 1 is 1.18 bits per heavy atom. The van der Waals surface area contributed by atoms with E-state index in [9.17, 15) is 9.90 Å². The van der Waals surface area contributed by atoms with E-state index >= 15 is 0 Å². The Morgan fingerprint density at radius 2 is 1.97 bits per heavy atom. The van der Waals surface area contributed by atoms with Gasteiger partial charge in [0.1, 0.15) is 11.3 Å². The Morgan fingerprint density at radius 3 is 2.74 bits per heavy atom. The molecule has 1 amide bonds. The molecule has 5 rings (SSSR count). The van der Waals surface area contributed by atoms with Crippen LogP contribution in [0.2, 0.25) is 0 Å². The molecule has 1 aliphatic rings. The minimum atomic E-state index is -0.284. The van der Waals surface area contributed by atoms with Crippen molar-refractivity contribution < 1.29 is 9.90 Å². The van der Waals surface area contributed by atoms with Crippen LogP contribution in [-0.4, -0.2) is 54.6 Å². The van der Waals surface area contributed by atoms with E-state index in [1.165, 1.54) is 5.56 Å². The van der Waals surface area contributed by atoms with E-state index in [-0.39, 0.29) is 12.0 Å². The number of pyridine rings is 1. The van der Waals surface area contributed by atoms with Crippen LogP contribution in [0.1, 0.15) is 48.1 Å². The van der Waals surface area contributed by atoms with Crippen molar-refractivity contribution in [2.24, 2.45) is 0 Å². The maximum Gasteiger partial charge on any atom is 0.246 e. The molecule has 176 valence electrons. The number of aliphatic hydroxyl groups is 1. The molecule has 1 fully saturated rings. The molecule has 1 aliphatic heterocycles. The van der Waals surface area contributed by atoms with Gasteiger partial charge in [-0.2, -0.15) is 0 Å². The fraction of sp³-hybridized carbons (Fsp3) is 0.370. The highest BCUT2D eigenvalue weighted by Crippen LogP contribution is 2.23. The lowest BCUT2D eigenvalue weighted by molar-refractivity contribution is -0.127. The number of hydrogen-bond acceptors (Lipinski definition) is 4. The van der Waals surface area contributed by atoms with Crippen LogP contribution >= 0.6 is 0 Å². The minimum Gasteiger partial charge on any atom is -0.393 e. The highest BCUT2D eigenvalue weighted by Gasteiger charge is 2.19. The standard InChI is InChI=1S/C27H31N5O2/c1-4-24-30-26-17(2)13-18(3)28-27(26)32(24)16-19-5-7-23-20(14-19)15-21(29-23)6-8-25(34)31-11-9-22(33)10-12-31/h5-8,13-15,22,29,33H,4,9-12,16H2,1-3H3/b8-6+. The third-order valence-corrected chi connectivity index (χ3v) is 6.65. The summed E-state index contributed by atoms with van der Waals surface area (Å²) in [6, 6.07) is 10.6. The highest BCUT2D eigenvalue weighted by molar-refractivity contribution is 5.93. The number of rotatable bonds is 5. The fourth-order valence-electron chi connectivity index (χ4n) is 4.81. The summed E-state index contributed by atoms with van der Waals surface area (Å²) in [6.45, 7) is 8.17. The number of hydrogen-bond donors (Lipinski definition) is 2. The molecule has 4 heterocycles. The molecule has 4 aromatic rings. The number of aryl methyl sites for hydroxylation is 3. The van der Waals surface area contributed by atoms with Crippen LogP contribution in [0.4, 0.5) is 0 Å². The van der Waals surface area contributed by atoms with Gasteiger partial charge in [0.2, 0.25) is 5.91 Å². The minimum absolute atomic E-state index is 0.0107. The van der Waals surface area contributed by atoms with E-state index < -0.39 is 0 Å². The fourth-order valence-corrected chi connectivity index (χ4v) is 4.81. The van der Waals surface area contributed by atoms with Gasteiger partial charge in [0.05, 0.1) is 12.6 Å². The molecule has 3 aromatic heterocycles. The quantitative estimate of drug-likeness (QED) is 0.441. The summed E-state index contributed by atoms with van der Waals surface area (Å²) in [4.78, 5) is 27.3. The molecular weight excluding hydrogens is 426 g/mol. The number of fused-ring (bicyclic) bond motifs is 2. The van der Waals surface area contributed by atoms with Gasteiger partial charge in [-0.15, -0.1) is 0 Å². The normalized spacial score (nSPS) is 15.2. The molecule has 0 bridgehead atoms. The zero-order valence-electron chi connectivity index (χ0n) is 20.0. The number of likely N-dealkylation sites (tertiary alicyclic amines) is 1. The van der Waals surface area contributed by atoms with Crippen molar-refractivity contribution in [2.45, 2.75) is 52.7 Å². The van der Waals surface area contributed by atoms with Gasteiger partial charge in [-0.1, -0.05) is 13.0 Å². The zero-order valence-corrected chi connectivity index (χ0v) is 20.0. The molecule has 0 aliphatic carbocycles. The number of nitrogens with one attached hydrogen (secondary N) is 1. The van der Waals surface area contributed by atoms with Gasteiger partial charge >= 0.3 is 0 Å². The van der Waals surface area contributed by atoms with Crippen molar-refractivity contribution in [1.29, 1.82) is 0 Å². The van der Waals surface area contributed by atoms with Crippen LogP contribution in [0.5, 0.6) is 0 Å². The van der Waals surface area contributed by atoms with E-state index in [1.54, 1.807) is 11.0 Å². The Labute approximate surface area is 199 Å². The maximum absolute atomic E-state index is 12.5. The lowest BCUT2D eigenvalue weighted by Crippen LogP contribution is -2.39. The van der Waals surface area contributed by atoms with Gasteiger partial charge in [0, 0.05) is 47.9 Å². The number of carbonyl (C=O) groups is 1. The molecule has 1 aromatic carbocycles. The molecule has 1 saturated heterocycles. The van der Waals surface area contributed by atoms with Crippen LogP contribution in [0.25, 0.3) is 28.1 Å². The Hall–Kier alpha value is -3.45. The SMILES string of the molecule is CCc1nc2c(C)cc(C)nc2n1Cc1ccc2[nH]c(/C=C/C(=O)N3CCC(O)CC3)cc2c1. The second-order valence-electron chi connectivity index (χ2n) is 9.26. The lowest BCUT2D eigenvalue weighted by atomic mass is 10.1. The highest BCUT2D eigenvalue weighted by atomic mass is 16.3. The summed E-state index contributed by atoms with van der Waals surface area (Å²) in [6.07, 6.45) is 5.31. The molecule has 7 nitrogen and oxygen atoms in total. The van der Waals surface area contributed by atoms with E-state index in [2.05, 4.69) is 53.7 Å². The first-order valence-electron chi connectivity index (χ1n) is 12.0. The summed E-state index contributed by atoms with van der Waals surface area (Å²) in [5.74, 6) is 1.03. The summed E-state index contributed by atoms with van der Waals surface area (Å²) < 4.78 is 2.22. The number of piperidine rings is 1. The monoisotopic (exact) mass is 457 g/mol. The second-order valence-corrected chi connectivity index (χ2v) is 9.26. The van der Waals surface area contributed by atoms with E-state index in [0.29, 0.717) is 32.5 Å². The van der Waals surface area contributed by atoms with E-state index in [0.717, 1.165) is 51.3 Å². The van der Waals surface area contributed by atoms with Gasteiger partial charge in [0.25, 0.3) is 0 Å². The van der Waals surface area contributed by atoms with Crippen molar-refractivity contribution in [3.8, 4) is 0 Å². The molecule has 0 unspecified atom stereocenters. The maximum atomic E-state index is 12.5. The summed E-state index contributed by atoms with van der Waals surface area (Å²) in [5, 5.41) is 10.7. The predicted octanol–water partition coefficient (Wildman–Crippen LogP) is 4.14. The van der Waals surface area contributed by atoms with Crippen LogP contribution < -0.4 is 0 Å². The Bertz CT molecular complexity index is 1390. The average molecular weight is 458 g/mol. The second kappa shape index (κ2) is 9.06. The molecule has 7 heteroatoms. The average Bonchev–Trinajstić information content (AvgIpc) is 3.39. The molecule has 2 N–H and O–H groups in total.